The SMILES string of the molecule is [P]CCCl. The number of halogens is 1. The second kappa shape index (κ2) is 3.72. The maximum absolute atomic E-state index is 5.11. The van der Waals surface area contributed by atoms with Crippen LogP contribution < -0.4 is 0 Å². The maximum atomic E-state index is 5.11. The zero-order valence-electron chi connectivity index (χ0n) is 2.24. The fraction of sp³-hybridized carbons (Fsp3) is 1.00. The van der Waals surface area contributed by atoms with E-state index in [2.05, 4.69) is 9.24 Å². The van der Waals surface area contributed by atoms with Crippen LogP contribution in [0.2, 0.25) is 0 Å². The smallest absolute Gasteiger partial charge is 0.0269 e. The fourth-order valence-corrected chi connectivity index (χ4v) is 0. The molecule has 0 amide bonds. The van der Waals surface area contributed by atoms with Gasteiger partial charge in [-0.3, -0.25) is 0 Å². The summed E-state index contributed by atoms with van der Waals surface area (Å²) in [5, 5.41) is 0. The lowest BCUT2D eigenvalue weighted by atomic mass is 11.0. The van der Waals surface area contributed by atoms with Gasteiger partial charge in [0.05, 0.1) is 0 Å². The molecule has 0 atom stereocenters. The standard InChI is InChI=1S/C2H4ClP/c3-1-2-4/h1-2H2. The molecule has 0 nitrogen and oxygen atoms in total. The molecule has 0 N–H and O–H groups in total. The van der Waals surface area contributed by atoms with E-state index < -0.39 is 0 Å². The zero-order valence-corrected chi connectivity index (χ0v) is 3.89. The molecule has 0 unspecified atom stereocenters. The summed E-state index contributed by atoms with van der Waals surface area (Å²) in [6, 6.07) is 0. The van der Waals surface area contributed by atoms with Crippen molar-refractivity contribution in [1.29, 1.82) is 0 Å². The summed E-state index contributed by atoms with van der Waals surface area (Å²) >= 11 is 5.11. The normalized spacial score (nSPS) is 7.50. The number of hydrogen-bond donors (Lipinski definition) is 0. The van der Waals surface area contributed by atoms with Crippen molar-refractivity contribution in [3.63, 3.8) is 0 Å². The Morgan fingerprint density at radius 2 is 2.00 bits per heavy atom. The molecular formula is C2H4ClP. The van der Waals surface area contributed by atoms with Gasteiger partial charge in [-0.2, -0.15) is 0 Å². The van der Waals surface area contributed by atoms with Gasteiger partial charge in [0.2, 0.25) is 0 Å². The Hall–Kier alpha value is 0.720. The van der Waals surface area contributed by atoms with Gasteiger partial charge in [0.15, 0.2) is 0 Å². The van der Waals surface area contributed by atoms with E-state index in [9.17, 15) is 0 Å². The summed E-state index contributed by atoms with van der Waals surface area (Å²) in [5.41, 5.74) is 0. The van der Waals surface area contributed by atoms with Crippen molar-refractivity contribution in [2.45, 2.75) is 0 Å². The molecule has 0 aromatic carbocycles. The summed E-state index contributed by atoms with van der Waals surface area (Å²) in [5.74, 6) is 0.656. The average molecular weight is 94.5 g/mol. The Balaban J connectivity index is 1.97. The van der Waals surface area contributed by atoms with Crippen molar-refractivity contribution in [2.24, 2.45) is 0 Å². The van der Waals surface area contributed by atoms with Crippen LogP contribution in [0.4, 0.5) is 0 Å². The topological polar surface area (TPSA) is 0 Å². The first kappa shape index (κ1) is 4.72. The molecule has 4 heavy (non-hydrogen) atoms. The monoisotopic (exact) mass is 94.0 g/mol. The van der Waals surface area contributed by atoms with Crippen molar-refractivity contribution in [3.05, 3.63) is 0 Å². The Labute approximate surface area is 33.7 Å². The van der Waals surface area contributed by atoms with Crippen LogP contribution in [0.15, 0.2) is 0 Å². The predicted octanol–water partition coefficient (Wildman–Crippen LogP) is 1.64. The van der Waals surface area contributed by atoms with Gasteiger partial charge in [0.1, 0.15) is 0 Å². The van der Waals surface area contributed by atoms with Crippen LogP contribution in [0, 0.1) is 0 Å². The quantitative estimate of drug-likeness (QED) is 0.342. The number of hydrogen-bond acceptors (Lipinski definition) is 0. The molecule has 0 heterocycles. The fourth-order valence-electron chi connectivity index (χ4n) is 0. The molecule has 0 saturated heterocycles. The number of rotatable bonds is 1. The van der Waals surface area contributed by atoms with E-state index in [1.807, 2.05) is 0 Å². The predicted molar refractivity (Wildman–Crippen MR) is 22.5 cm³/mol. The maximum Gasteiger partial charge on any atom is 0.0269 e. The lowest BCUT2D eigenvalue weighted by Gasteiger charge is -1.64. The van der Waals surface area contributed by atoms with Crippen LogP contribution >= 0.6 is 20.8 Å². The largest absolute Gasteiger partial charge is 0.126 e. The van der Waals surface area contributed by atoms with Crippen molar-refractivity contribution in [1.82, 2.24) is 0 Å². The van der Waals surface area contributed by atoms with Gasteiger partial charge in [-0.25, -0.2) is 0 Å². The molecule has 0 fully saturated rings. The first-order valence-electron chi connectivity index (χ1n) is 1.08. The van der Waals surface area contributed by atoms with Gasteiger partial charge in [0, 0.05) is 5.88 Å². The van der Waals surface area contributed by atoms with Gasteiger partial charge in [-0.1, -0.05) is 0 Å². The van der Waals surface area contributed by atoms with E-state index in [-0.39, 0.29) is 0 Å². The molecule has 0 aromatic rings. The van der Waals surface area contributed by atoms with E-state index in [4.69, 9.17) is 11.6 Å². The Morgan fingerprint density at radius 1 is 1.75 bits per heavy atom. The third-order valence-corrected chi connectivity index (χ3v) is 0.761. The molecule has 0 saturated carbocycles. The van der Waals surface area contributed by atoms with Gasteiger partial charge in [0.25, 0.3) is 0 Å². The molecule has 0 aliphatic rings. The number of alkyl halides is 1. The van der Waals surface area contributed by atoms with Crippen LogP contribution in [0.5, 0.6) is 0 Å². The molecule has 0 aliphatic heterocycles. The van der Waals surface area contributed by atoms with E-state index in [0.29, 0.717) is 5.88 Å². The first-order valence-corrected chi connectivity index (χ1v) is 2.25. The van der Waals surface area contributed by atoms with Gasteiger partial charge in [-0.15, -0.1) is 11.6 Å². The second-order valence-corrected chi connectivity index (χ2v) is 1.24. The highest BCUT2D eigenvalue weighted by Crippen LogP contribution is 1.79. The summed E-state index contributed by atoms with van der Waals surface area (Å²) in [4.78, 5) is 0. The van der Waals surface area contributed by atoms with Crippen molar-refractivity contribution < 1.29 is 0 Å². The van der Waals surface area contributed by atoms with E-state index in [1.165, 1.54) is 0 Å². The molecule has 2 radical (unpaired) electrons. The van der Waals surface area contributed by atoms with Crippen LogP contribution in [-0.2, 0) is 0 Å². The molecule has 0 aliphatic carbocycles. The summed E-state index contributed by atoms with van der Waals surface area (Å²) < 4.78 is 0. The minimum Gasteiger partial charge on any atom is -0.126 e. The minimum absolute atomic E-state index is 0.656. The molecule has 0 aromatic heterocycles. The lowest BCUT2D eigenvalue weighted by Crippen LogP contribution is -1.62. The summed E-state index contributed by atoms with van der Waals surface area (Å²) in [7, 11) is 3.79. The van der Waals surface area contributed by atoms with Gasteiger partial charge < -0.3 is 0 Å². The molecule has 24 valence electrons. The van der Waals surface area contributed by atoms with E-state index >= 15 is 0 Å². The Morgan fingerprint density at radius 3 is 2.00 bits per heavy atom. The third-order valence-electron chi connectivity index (χ3n) is 0.0845. The van der Waals surface area contributed by atoms with Gasteiger partial charge >= 0.3 is 0 Å². The molecule has 0 rings (SSSR count). The highest BCUT2D eigenvalue weighted by Gasteiger charge is 1.60. The summed E-state index contributed by atoms with van der Waals surface area (Å²) in [6.45, 7) is 0. The average Bonchev–Trinajstić information content (AvgIpc) is 1.37. The van der Waals surface area contributed by atoms with Crippen LogP contribution in [0.1, 0.15) is 0 Å². The Bertz CT molecular complexity index is 8.00. The van der Waals surface area contributed by atoms with E-state index in [1.54, 1.807) is 0 Å². The highest BCUT2D eigenvalue weighted by atomic mass is 35.5. The molecule has 0 bridgehead atoms. The molecule has 0 spiro atoms. The lowest BCUT2D eigenvalue weighted by molar-refractivity contribution is 1.54. The molecule has 2 heteroatoms. The van der Waals surface area contributed by atoms with Crippen molar-refractivity contribution >= 4 is 20.8 Å². The van der Waals surface area contributed by atoms with Crippen LogP contribution in [0.25, 0.3) is 0 Å². The molecular weight excluding hydrogens is 90.4 g/mol. The second-order valence-electron chi connectivity index (χ2n) is 0.413. The van der Waals surface area contributed by atoms with Crippen molar-refractivity contribution in [2.75, 3.05) is 12.0 Å². The Kier molecular flexibility index (Phi) is 4.39. The van der Waals surface area contributed by atoms with E-state index in [0.717, 1.165) is 6.16 Å². The summed E-state index contributed by atoms with van der Waals surface area (Å²) in [6.07, 6.45) is 0.779. The van der Waals surface area contributed by atoms with Crippen LogP contribution in [0.3, 0.4) is 0 Å². The van der Waals surface area contributed by atoms with Crippen molar-refractivity contribution in [3.8, 4) is 0 Å². The first-order chi connectivity index (χ1) is 1.91. The van der Waals surface area contributed by atoms with Gasteiger partial charge in [-0.05, 0) is 15.4 Å². The zero-order chi connectivity index (χ0) is 3.41. The third kappa shape index (κ3) is 2.72. The highest BCUT2D eigenvalue weighted by molar-refractivity contribution is 7.16. The minimum atomic E-state index is 0.656. The van der Waals surface area contributed by atoms with Crippen LogP contribution in [-0.4, -0.2) is 12.0 Å².